The maximum absolute atomic E-state index is 13.2. The van der Waals surface area contributed by atoms with Crippen LogP contribution in [0.2, 0.25) is 0 Å². The minimum absolute atomic E-state index is 0. The third-order valence-electron chi connectivity index (χ3n) is 5.10. The summed E-state index contributed by atoms with van der Waals surface area (Å²) in [5.41, 5.74) is 0.680. The molecular weight excluding hydrogens is 536 g/mol. The summed E-state index contributed by atoms with van der Waals surface area (Å²) in [6, 6.07) is 9.22. The van der Waals surface area contributed by atoms with Crippen molar-refractivity contribution in [1.82, 2.24) is 0 Å². The van der Waals surface area contributed by atoms with Crippen molar-refractivity contribution in [3.63, 3.8) is 0 Å². The molecule has 2 aromatic rings. The fourth-order valence-electron chi connectivity index (χ4n) is 3.29. The molecule has 7 heteroatoms. The van der Waals surface area contributed by atoms with Gasteiger partial charge in [0.2, 0.25) is 0 Å². The van der Waals surface area contributed by atoms with Crippen LogP contribution >= 0.6 is 0 Å². The standard InChI is InChI=1S/2C11H8F2N.2C5H5.Ti/c2*12-9-4-5-11(10(13)8-9)14-6-2-1-3-7-14;2*1-2-4-5-3-1;/h2*1-6H,7H2;2*1-3H,4H2;/q4*-1;+4. The van der Waals surface area contributed by atoms with E-state index in [1.807, 2.05) is 60.7 Å². The van der Waals surface area contributed by atoms with Crippen LogP contribution in [0, 0.1) is 47.6 Å². The predicted molar refractivity (Wildman–Crippen MR) is 145 cm³/mol. The Balaban J connectivity index is 0.000000199. The first-order chi connectivity index (χ1) is 18.5. The van der Waals surface area contributed by atoms with Gasteiger partial charge in [0.15, 0.2) is 0 Å². The average molecular weight is 562 g/mol. The molecule has 0 bridgehead atoms. The number of rotatable bonds is 2. The average Bonchev–Trinajstić information content (AvgIpc) is 3.70. The van der Waals surface area contributed by atoms with Gasteiger partial charge in [-0.2, -0.15) is 12.2 Å². The summed E-state index contributed by atoms with van der Waals surface area (Å²) >= 11 is 0. The zero-order valence-corrected chi connectivity index (χ0v) is 22.7. The van der Waals surface area contributed by atoms with E-state index in [2.05, 4.69) is 24.3 Å². The SMILES string of the molecule is Fc1[c-]c(F)c(N2C=CC=CC2)cc1.Fc1[c-]c(F)c(N2C=CC=CC2)cc1.[C-]1=CC=CC1.[C-]1=CC=CC1.[Ti+4]. The molecule has 0 amide bonds. The van der Waals surface area contributed by atoms with E-state index >= 15 is 0 Å². The van der Waals surface area contributed by atoms with Crippen molar-refractivity contribution in [2.24, 2.45) is 0 Å². The summed E-state index contributed by atoms with van der Waals surface area (Å²) in [4.78, 5) is 3.37. The van der Waals surface area contributed by atoms with Crippen LogP contribution in [0.3, 0.4) is 0 Å². The van der Waals surface area contributed by atoms with E-state index in [-0.39, 0.29) is 21.7 Å². The van der Waals surface area contributed by atoms with Crippen LogP contribution in [0.25, 0.3) is 0 Å². The number of benzene rings is 2. The fraction of sp³-hybridized carbons (Fsp3) is 0.125. The summed E-state index contributed by atoms with van der Waals surface area (Å²) in [7, 11) is 0. The summed E-state index contributed by atoms with van der Waals surface area (Å²) in [6.07, 6.45) is 34.6. The van der Waals surface area contributed by atoms with Gasteiger partial charge in [0.1, 0.15) is 0 Å². The summed E-state index contributed by atoms with van der Waals surface area (Å²) in [5.74, 6) is -2.68. The Bertz CT molecular complexity index is 1170. The van der Waals surface area contributed by atoms with E-state index in [1.54, 1.807) is 34.4 Å². The molecular formula is C32H26F4N2Ti. The Morgan fingerprint density at radius 1 is 0.538 bits per heavy atom. The molecule has 0 radical (unpaired) electrons. The van der Waals surface area contributed by atoms with Crippen molar-refractivity contribution < 1.29 is 39.3 Å². The van der Waals surface area contributed by atoms with E-state index in [0.717, 1.165) is 12.8 Å². The van der Waals surface area contributed by atoms with Crippen molar-refractivity contribution in [3.8, 4) is 0 Å². The third kappa shape index (κ3) is 11.3. The third-order valence-corrected chi connectivity index (χ3v) is 5.10. The molecule has 2 aliphatic heterocycles. The molecule has 6 rings (SSSR count). The molecule has 0 N–H and O–H groups in total. The molecule has 0 fully saturated rings. The van der Waals surface area contributed by atoms with Crippen molar-refractivity contribution in [1.29, 1.82) is 0 Å². The summed E-state index contributed by atoms with van der Waals surface area (Å²) in [5, 5.41) is 0. The molecule has 2 aliphatic carbocycles. The molecule has 196 valence electrons. The van der Waals surface area contributed by atoms with Gasteiger partial charge in [-0.15, -0.1) is 49.2 Å². The minimum Gasteiger partial charge on any atom is -0.395 e. The maximum atomic E-state index is 13.2. The Labute approximate surface area is 242 Å². The van der Waals surface area contributed by atoms with Gasteiger partial charge in [0.05, 0.1) is 0 Å². The van der Waals surface area contributed by atoms with Gasteiger partial charge in [0, 0.05) is 36.4 Å². The van der Waals surface area contributed by atoms with Crippen LogP contribution < -0.4 is 9.80 Å². The van der Waals surface area contributed by atoms with Crippen LogP contribution in [0.5, 0.6) is 0 Å². The van der Waals surface area contributed by atoms with E-state index in [4.69, 9.17) is 0 Å². The van der Waals surface area contributed by atoms with Gasteiger partial charge in [0.25, 0.3) is 0 Å². The van der Waals surface area contributed by atoms with Gasteiger partial charge in [-0.25, -0.2) is 41.9 Å². The molecule has 0 saturated carbocycles. The normalized spacial score (nSPS) is 15.2. The molecule has 0 unspecified atom stereocenters. The van der Waals surface area contributed by atoms with Crippen molar-refractivity contribution in [2.75, 3.05) is 22.9 Å². The monoisotopic (exact) mass is 562 g/mol. The Hall–Kier alpha value is -3.61. The van der Waals surface area contributed by atoms with E-state index < -0.39 is 23.3 Å². The predicted octanol–water partition coefficient (Wildman–Crippen LogP) is 7.92. The van der Waals surface area contributed by atoms with E-state index in [1.165, 1.54) is 24.3 Å². The van der Waals surface area contributed by atoms with E-state index in [0.29, 0.717) is 24.5 Å². The van der Waals surface area contributed by atoms with Gasteiger partial charge in [-0.3, -0.25) is 12.2 Å². The zero-order valence-electron chi connectivity index (χ0n) is 21.1. The maximum Gasteiger partial charge on any atom is 4.00 e. The van der Waals surface area contributed by atoms with Crippen LogP contribution in [-0.2, 0) is 21.7 Å². The Morgan fingerprint density at radius 2 is 0.974 bits per heavy atom. The smallest absolute Gasteiger partial charge is 0.395 e. The largest absolute Gasteiger partial charge is 4.00 e. The van der Waals surface area contributed by atoms with Crippen LogP contribution in [0.4, 0.5) is 28.9 Å². The first-order valence-corrected chi connectivity index (χ1v) is 11.9. The molecule has 4 aliphatic rings. The van der Waals surface area contributed by atoms with Crippen LogP contribution in [-0.4, -0.2) is 13.1 Å². The molecule has 39 heavy (non-hydrogen) atoms. The second-order valence-corrected chi connectivity index (χ2v) is 7.86. The summed E-state index contributed by atoms with van der Waals surface area (Å²) in [6.45, 7) is 1.18. The van der Waals surface area contributed by atoms with E-state index in [9.17, 15) is 17.6 Å². The number of hydrogen-bond donors (Lipinski definition) is 0. The van der Waals surface area contributed by atoms with Gasteiger partial charge in [-0.05, 0) is 35.9 Å². The van der Waals surface area contributed by atoms with Gasteiger partial charge in [-0.1, -0.05) is 24.3 Å². The molecule has 0 spiro atoms. The number of anilines is 2. The second-order valence-electron chi connectivity index (χ2n) is 7.86. The van der Waals surface area contributed by atoms with Crippen molar-refractivity contribution >= 4 is 11.4 Å². The molecule has 0 aromatic heterocycles. The van der Waals surface area contributed by atoms with Crippen LogP contribution in [0.1, 0.15) is 12.8 Å². The number of allylic oxidation sites excluding steroid dienone is 12. The topological polar surface area (TPSA) is 6.48 Å². The van der Waals surface area contributed by atoms with Crippen molar-refractivity contribution in [3.05, 3.63) is 157 Å². The summed E-state index contributed by atoms with van der Waals surface area (Å²) < 4.78 is 51.6. The molecule has 0 saturated heterocycles. The molecule has 0 atom stereocenters. The number of nitrogens with zero attached hydrogens (tertiary/aromatic N) is 2. The minimum atomic E-state index is -0.678. The first kappa shape index (κ1) is 31.6. The van der Waals surface area contributed by atoms with Gasteiger partial charge >= 0.3 is 21.7 Å². The zero-order chi connectivity index (χ0) is 27.0. The Kier molecular flexibility index (Phi) is 14.4. The number of halogens is 4. The molecule has 2 aromatic carbocycles. The Morgan fingerprint density at radius 3 is 1.23 bits per heavy atom. The molecule has 2 heterocycles. The van der Waals surface area contributed by atoms with Crippen LogP contribution in [0.15, 0.2) is 110 Å². The quantitative estimate of drug-likeness (QED) is 0.209. The first-order valence-electron chi connectivity index (χ1n) is 11.9. The number of hydrogen-bond acceptors (Lipinski definition) is 2. The second kappa shape index (κ2) is 17.8. The fourth-order valence-corrected chi connectivity index (χ4v) is 3.29. The van der Waals surface area contributed by atoms with Gasteiger partial charge < -0.3 is 9.80 Å². The molecule has 2 nitrogen and oxygen atoms in total. The van der Waals surface area contributed by atoms with Crippen molar-refractivity contribution in [2.45, 2.75) is 12.8 Å².